The Balaban J connectivity index is 3.22. The first-order valence-electron chi connectivity index (χ1n) is 12.1. The van der Waals surface area contributed by atoms with Crippen molar-refractivity contribution in [3.05, 3.63) is 34.9 Å². The van der Waals surface area contributed by atoms with Crippen LogP contribution in [0.2, 0.25) is 0 Å². The van der Waals surface area contributed by atoms with Crippen LogP contribution in [-0.2, 0) is 23.9 Å². The molecule has 2 atom stereocenters. The van der Waals surface area contributed by atoms with Crippen LogP contribution in [-0.4, -0.2) is 72.6 Å². The van der Waals surface area contributed by atoms with Gasteiger partial charge >= 0.3 is 12.1 Å². The van der Waals surface area contributed by atoms with Gasteiger partial charge in [-0.2, -0.15) is 11.8 Å². The molecule has 0 aromatic heterocycles. The topological polar surface area (TPSA) is 114 Å². The van der Waals surface area contributed by atoms with Crippen LogP contribution in [0.15, 0.2) is 18.2 Å². The standard InChI is InChI=1S/C26H41N3O6S/c1-9-34-21(30)12-14-27-23(31)22(19-11-10-17(2)16-18(19)3)29(7)24(32)20(13-15-36-8)28-25(33)35-26(4,5)6/h10-11,16,20,22H,9,12-15H2,1-8H3,(H,27,31)(H,28,33). The molecule has 0 fully saturated rings. The molecule has 36 heavy (non-hydrogen) atoms. The van der Waals surface area contributed by atoms with Crippen LogP contribution in [0.5, 0.6) is 0 Å². The first kappa shape index (κ1) is 31.3. The molecular weight excluding hydrogens is 482 g/mol. The smallest absolute Gasteiger partial charge is 0.408 e. The third-order valence-electron chi connectivity index (χ3n) is 5.24. The number of thioether (sulfide) groups is 1. The third-order valence-corrected chi connectivity index (χ3v) is 5.88. The van der Waals surface area contributed by atoms with Gasteiger partial charge in [0.1, 0.15) is 17.7 Å². The normalized spacial score (nSPS) is 12.8. The fourth-order valence-electron chi connectivity index (χ4n) is 3.59. The zero-order valence-electron chi connectivity index (χ0n) is 22.7. The highest BCUT2D eigenvalue weighted by Crippen LogP contribution is 2.25. The lowest BCUT2D eigenvalue weighted by Gasteiger charge is -2.32. The Labute approximate surface area is 219 Å². The lowest BCUT2D eigenvalue weighted by Crippen LogP contribution is -2.52. The lowest BCUT2D eigenvalue weighted by molar-refractivity contribution is -0.143. The number of nitrogens with one attached hydrogen (secondary N) is 2. The van der Waals surface area contributed by atoms with E-state index in [0.29, 0.717) is 17.7 Å². The molecule has 1 rings (SSSR count). The molecule has 2 N–H and O–H groups in total. The maximum absolute atomic E-state index is 13.6. The van der Waals surface area contributed by atoms with Crippen molar-refractivity contribution in [1.29, 1.82) is 0 Å². The first-order chi connectivity index (χ1) is 16.8. The van der Waals surface area contributed by atoms with Gasteiger partial charge < -0.3 is 25.0 Å². The van der Waals surface area contributed by atoms with Crippen LogP contribution in [0.25, 0.3) is 0 Å². The summed E-state index contributed by atoms with van der Waals surface area (Å²) in [6, 6.07) is 3.80. The molecule has 1 aromatic rings. The SMILES string of the molecule is CCOC(=O)CCNC(=O)C(c1ccc(C)cc1C)N(C)C(=O)C(CCSC)NC(=O)OC(C)(C)C. The second-order valence-corrected chi connectivity index (χ2v) is 10.5. The number of likely N-dealkylation sites (N-methyl/N-ethyl adjacent to an activating group) is 1. The Morgan fingerprint density at radius 2 is 1.81 bits per heavy atom. The summed E-state index contributed by atoms with van der Waals surface area (Å²) in [6.45, 7) is 11.1. The number of esters is 1. The quantitative estimate of drug-likeness (QED) is 0.403. The van der Waals surface area contributed by atoms with Gasteiger partial charge in [0.2, 0.25) is 11.8 Å². The molecule has 0 bridgehead atoms. The van der Waals surface area contributed by atoms with Gasteiger partial charge in [0, 0.05) is 13.6 Å². The molecule has 0 aliphatic carbocycles. The predicted molar refractivity (Wildman–Crippen MR) is 142 cm³/mol. The van der Waals surface area contributed by atoms with Crippen molar-refractivity contribution in [3.8, 4) is 0 Å². The summed E-state index contributed by atoms with van der Waals surface area (Å²) in [6.07, 6.45) is 1.60. The van der Waals surface area contributed by atoms with Crippen molar-refractivity contribution in [1.82, 2.24) is 15.5 Å². The number of rotatable bonds is 12. The van der Waals surface area contributed by atoms with E-state index in [9.17, 15) is 19.2 Å². The molecule has 0 heterocycles. The summed E-state index contributed by atoms with van der Waals surface area (Å²) in [5, 5.41) is 5.42. The molecule has 9 nitrogen and oxygen atoms in total. The molecule has 0 aliphatic heterocycles. The maximum atomic E-state index is 13.6. The largest absolute Gasteiger partial charge is 0.466 e. The number of amides is 3. The third kappa shape index (κ3) is 10.5. The summed E-state index contributed by atoms with van der Waals surface area (Å²) < 4.78 is 10.3. The number of aryl methyl sites for hydroxylation is 2. The molecule has 202 valence electrons. The number of hydrogen-bond acceptors (Lipinski definition) is 7. The minimum atomic E-state index is -0.961. The molecule has 0 radical (unpaired) electrons. The van der Waals surface area contributed by atoms with E-state index in [1.807, 2.05) is 38.3 Å². The average Bonchev–Trinajstić information content (AvgIpc) is 2.76. The van der Waals surface area contributed by atoms with Gasteiger partial charge in [-0.3, -0.25) is 14.4 Å². The van der Waals surface area contributed by atoms with E-state index in [2.05, 4.69) is 10.6 Å². The highest BCUT2D eigenvalue weighted by molar-refractivity contribution is 7.98. The van der Waals surface area contributed by atoms with Crippen LogP contribution < -0.4 is 10.6 Å². The average molecular weight is 524 g/mol. The number of ether oxygens (including phenoxy) is 2. The fraction of sp³-hybridized carbons (Fsp3) is 0.615. The van der Waals surface area contributed by atoms with Crippen molar-refractivity contribution in [2.75, 3.05) is 32.2 Å². The van der Waals surface area contributed by atoms with Crippen molar-refractivity contribution in [2.24, 2.45) is 0 Å². The summed E-state index contributed by atoms with van der Waals surface area (Å²) in [7, 11) is 1.54. The second kappa shape index (κ2) is 14.7. The Morgan fingerprint density at radius 1 is 1.14 bits per heavy atom. The number of alkyl carbamates (subject to hydrolysis) is 1. The summed E-state index contributed by atoms with van der Waals surface area (Å²) in [5.74, 6) is -0.632. The molecular formula is C26H41N3O6S. The van der Waals surface area contributed by atoms with Gasteiger partial charge in [-0.1, -0.05) is 23.8 Å². The molecule has 0 aliphatic rings. The van der Waals surface area contributed by atoms with E-state index in [1.54, 1.807) is 46.5 Å². The van der Waals surface area contributed by atoms with Gasteiger partial charge in [0.25, 0.3) is 0 Å². The highest BCUT2D eigenvalue weighted by atomic mass is 32.2. The van der Waals surface area contributed by atoms with E-state index >= 15 is 0 Å². The van der Waals surface area contributed by atoms with Crippen LogP contribution in [0.3, 0.4) is 0 Å². The van der Waals surface area contributed by atoms with E-state index in [4.69, 9.17) is 9.47 Å². The Bertz CT molecular complexity index is 915. The van der Waals surface area contributed by atoms with E-state index in [1.165, 1.54) is 4.90 Å². The van der Waals surface area contributed by atoms with Crippen molar-refractivity contribution < 1.29 is 28.7 Å². The van der Waals surface area contributed by atoms with Crippen molar-refractivity contribution in [3.63, 3.8) is 0 Å². The number of carbonyl (C=O) groups is 4. The number of benzene rings is 1. The van der Waals surface area contributed by atoms with E-state index < -0.39 is 41.6 Å². The number of hydrogen-bond donors (Lipinski definition) is 2. The molecule has 3 amide bonds. The number of carbonyl (C=O) groups excluding carboxylic acids is 4. The Kier molecular flexibility index (Phi) is 12.8. The zero-order valence-corrected chi connectivity index (χ0v) is 23.5. The van der Waals surface area contributed by atoms with Gasteiger partial charge in [0.15, 0.2) is 0 Å². The monoisotopic (exact) mass is 523 g/mol. The van der Waals surface area contributed by atoms with Crippen molar-refractivity contribution >= 4 is 35.6 Å². The Morgan fingerprint density at radius 3 is 2.36 bits per heavy atom. The molecule has 0 saturated heterocycles. The van der Waals surface area contributed by atoms with E-state index in [0.717, 1.165) is 11.1 Å². The lowest BCUT2D eigenvalue weighted by atomic mass is 9.96. The van der Waals surface area contributed by atoms with E-state index in [-0.39, 0.29) is 19.6 Å². The molecule has 10 heteroatoms. The van der Waals surface area contributed by atoms with Gasteiger partial charge in [-0.15, -0.1) is 0 Å². The minimum Gasteiger partial charge on any atom is -0.466 e. The zero-order chi connectivity index (χ0) is 27.5. The maximum Gasteiger partial charge on any atom is 0.408 e. The first-order valence-corrected chi connectivity index (χ1v) is 13.5. The number of nitrogens with zero attached hydrogens (tertiary/aromatic N) is 1. The van der Waals surface area contributed by atoms with Crippen LogP contribution in [0.4, 0.5) is 4.79 Å². The molecule has 2 unspecified atom stereocenters. The highest BCUT2D eigenvalue weighted by Gasteiger charge is 2.34. The minimum absolute atomic E-state index is 0.0212. The summed E-state index contributed by atoms with van der Waals surface area (Å²) in [5.41, 5.74) is 1.81. The molecule has 0 spiro atoms. The second-order valence-electron chi connectivity index (χ2n) is 9.54. The van der Waals surface area contributed by atoms with Gasteiger partial charge in [-0.05, 0) is 71.1 Å². The van der Waals surface area contributed by atoms with Crippen LogP contribution >= 0.6 is 11.8 Å². The van der Waals surface area contributed by atoms with Gasteiger partial charge in [-0.25, -0.2) is 4.79 Å². The van der Waals surface area contributed by atoms with Crippen LogP contribution in [0.1, 0.15) is 63.3 Å². The summed E-state index contributed by atoms with van der Waals surface area (Å²) >= 11 is 1.55. The predicted octanol–water partition coefficient (Wildman–Crippen LogP) is 3.52. The fourth-order valence-corrected chi connectivity index (χ4v) is 4.06. The van der Waals surface area contributed by atoms with Crippen molar-refractivity contribution in [2.45, 2.75) is 72.1 Å². The van der Waals surface area contributed by atoms with Gasteiger partial charge in [0.05, 0.1) is 13.0 Å². The molecule has 0 saturated carbocycles. The van der Waals surface area contributed by atoms with Crippen LogP contribution in [0, 0.1) is 13.8 Å². The molecule has 1 aromatic carbocycles. The summed E-state index contributed by atoms with van der Waals surface area (Å²) in [4.78, 5) is 52.4. The Hall–Kier alpha value is -2.75.